The van der Waals surface area contributed by atoms with Crippen LogP contribution < -0.4 is 0 Å². The van der Waals surface area contributed by atoms with Gasteiger partial charge in [0.05, 0.1) is 18.1 Å². The number of halogens is 6. The summed E-state index contributed by atoms with van der Waals surface area (Å²) in [7, 11) is 0. The Bertz CT molecular complexity index is 886. The minimum absolute atomic E-state index is 0.0604. The monoisotopic (exact) mass is 364 g/mol. The number of thioether (sulfide) groups is 1. The highest BCUT2D eigenvalue weighted by Crippen LogP contribution is 2.38. The Morgan fingerprint density at radius 2 is 1.75 bits per heavy atom. The Hall–Kier alpha value is -2.30. The molecule has 0 fully saturated rings. The second kappa shape index (κ2) is 5.65. The lowest BCUT2D eigenvalue weighted by atomic mass is 10.2. The molecule has 0 bridgehead atoms. The number of hydrogen-bond donors (Lipinski definition) is 0. The van der Waals surface area contributed by atoms with Crippen molar-refractivity contribution in [3.63, 3.8) is 0 Å². The van der Waals surface area contributed by atoms with Gasteiger partial charge in [-0.15, -0.1) is 0 Å². The molecule has 0 unspecified atom stereocenters. The zero-order valence-electron chi connectivity index (χ0n) is 11.4. The highest BCUT2D eigenvalue weighted by Gasteiger charge is 2.34. The number of nitrogens with zero attached hydrogens (tertiary/aromatic N) is 4. The van der Waals surface area contributed by atoms with Gasteiger partial charge in [-0.3, -0.25) is 0 Å². The van der Waals surface area contributed by atoms with E-state index in [1.807, 2.05) is 0 Å². The topological polar surface area (TPSA) is 43.1 Å². The molecular formula is C13H6F6N4S. The molecule has 24 heavy (non-hydrogen) atoms. The molecular weight excluding hydrogens is 358 g/mol. The van der Waals surface area contributed by atoms with E-state index in [0.29, 0.717) is 11.8 Å². The van der Waals surface area contributed by atoms with Crippen LogP contribution in [0.2, 0.25) is 0 Å². The van der Waals surface area contributed by atoms with E-state index in [4.69, 9.17) is 0 Å². The molecule has 0 atom stereocenters. The van der Waals surface area contributed by atoms with E-state index in [1.54, 1.807) is 0 Å². The Morgan fingerprint density at radius 3 is 2.42 bits per heavy atom. The first-order valence-corrected chi connectivity index (χ1v) is 7.09. The fourth-order valence-corrected chi connectivity index (χ4v) is 2.56. The number of fused-ring (bicyclic) bond motifs is 1. The van der Waals surface area contributed by atoms with Crippen molar-refractivity contribution in [2.24, 2.45) is 0 Å². The Balaban J connectivity index is 2.03. The molecule has 126 valence electrons. The average molecular weight is 364 g/mol. The summed E-state index contributed by atoms with van der Waals surface area (Å²) in [5, 5.41) is 3.63. The normalized spacial score (nSPS) is 12.8. The lowest BCUT2D eigenvalue weighted by Crippen LogP contribution is -2.11. The van der Waals surface area contributed by atoms with Crippen LogP contribution in [-0.4, -0.2) is 25.1 Å². The summed E-state index contributed by atoms with van der Waals surface area (Å²) in [6.45, 7) is 0. The number of hydrogen-bond acceptors (Lipinski definition) is 4. The summed E-state index contributed by atoms with van der Waals surface area (Å²) in [6, 6.07) is 5.43. The number of benzene rings is 1. The number of alkyl halides is 6. The van der Waals surface area contributed by atoms with Crippen LogP contribution in [0.25, 0.3) is 17.0 Å². The van der Waals surface area contributed by atoms with Gasteiger partial charge in [-0.2, -0.15) is 36.0 Å². The second-order valence-corrected chi connectivity index (χ2v) is 5.71. The van der Waals surface area contributed by atoms with Crippen LogP contribution >= 0.6 is 11.8 Å². The third kappa shape index (κ3) is 3.45. The molecule has 0 amide bonds. The smallest absolute Gasteiger partial charge is 0.217 e. The van der Waals surface area contributed by atoms with Crippen LogP contribution in [0.5, 0.6) is 0 Å². The van der Waals surface area contributed by atoms with Crippen molar-refractivity contribution in [1.82, 2.24) is 19.6 Å². The zero-order chi connectivity index (χ0) is 17.5. The molecule has 0 aliphatic rings. The first-order valence-electron chi connectivity index (χ1n) is 6.28. The molecule has 2 heterocycles. The molecule has 1 aromatic carbocycles. The Morgan fingerprint density at radius 1 is 1.00 bits per heavy atom. The lowest BCUT2D eigenvalue weighted by Gasteiger charge is -2.08. The molecule has 3 aromatic rings. The van der Waals surface area contributed by atoms with E-state index >= 15 is 0 Å². The molecule has 0 spiro atoms. The van der Waals surface area contributed by atoms with Crippen molar-refractivity contribution in [3.8, 4) is 11.3 Å². The Labute approximate surface area is 134 Å². The van der Waals surface area contributed by atoms with E-state index < -0.39 is 17.4 Å². The molecule has 0 saturated heterocycles. The maximum atomic E-state index is 12.6. The van der Waals surface area contributed by atoms with Gasteiger partial charge in [-0.25, -0.2) is 9.97 Å². The SMILES string of the molecule is FC(F)(F)Sc1cccc(-c2cnc3nc(C(F)(F)F)cnn23)c1. The summed E-state index contributed by atoms with van der Waals surface area (Å²) >= 11 is -0.291. The summed E-state index contributed by atoms with van der Waals surface area (Å²) < 4.78 is 76.2. The van der Waals surface area contributed by atoms with Crippen LogP contribution in [0.4, 0.5) is 26.3 Å². The molecule has 2 aromatic heterocycles. The van der Waals surface area contributed by atoms with Crippen molar-refractivity contribution in [2.75, 3.05) is 0 Å². The fourth-order valence-electron chi connectivity index (χ4n) is 1.96. The van der Waals surface area contributed by atoms with Crippen LogP contribution in [-0.2, 0) is 6.18 Å². The molecule has 11 heteroatoms. The maximum absolute atomic E-state index is 12.6. The van der Waals surface area contributed by atoms with E-state index in [1.165, 1.54) is 30.5 Å². The quantitative estimate of drug-likeness (QED) is 0.499. The maximum Gasteiger partial charge on any atom is 0.446 e. The van der Waals surface area contributed by atoms with Gasteiger partial charge in [0.25, 0.3) is 5.78 Å². The van der Waals surface area contributed by atoms with E-state index in [0.717, 1.165) is 4.52 Å². The standard InChI is InChI=1S/C13H6F6N4S/c14-12(15,16)10-6-21-23-9(5-20-11(23)22-10)7-2-1-3-8(4-7)24-13(17,18)19/h1-6H. The van der Waals surface area contributed by atoms with Gasteiger partial charge < -0.3 is 0 Å². The second-order valence-electron chi connectivity index (χ2n) is 4.57. The van der Waals surface area contributed by atoms with E-state index in [2.05, 4.69) is 15.1 Å². The van der Waals surface area contributed by atoms with Crippen molar-refractivity contribution < 1.29 is 26.3 Å². The fraction of sp³-hybridized carbons (Fsp3) is 0.154. The van der Waals surface area contributed by atoms with Gasteiger partial charge in [0, 0.05) is 10.5 Å². The predicted octanol–water partition coefficient (Wildman–Crippen LogP) is 4.42. The van der Waals surface area contributed by atoms with Gasteiger partial charge in [-0.05, 0) is 23.9 Å². The minimum atomic E-state index is -4.66. The molecule has 0 radical (unpaired) electrons. The summed E-state index contributed by atoms with van der Waals surface area (Å²) in [6.07, 6.45) is -2.93. The van der Waals surface area contributed by atoms with Gasteiger partial charge in [0.15, 0.2) is 5.69 Å². The van der Waals surface area contributed by atoms with Crippen LogP contribution in [0.1, 0.15) is 5.69 Å². The van der Waals surface area contributed by atoms with Crippen molar-refractivity contribution >= 4 is 17.5 Å². The minimum Gasteiger partial charge on any atom is -0.217 e. The third-order valence-corrected chi connectivity index (χ3v) is 3.61. The molecule has 0 aliphatic heterocycles. The highest BCUT2D eigenvalue weighted by atomic mass is 32.2. The first-order chi connectivity index (χ1) is 11.1. The van der Waals surface area contributed by atoms with E-state index in [9.17, 15) is 26.3 Å². The largest absolute Gasteiger partial charge is 0.446 e. The van der Waals surface area contributed by atoms with Crippen LogP contribution in [0.15, 0.2) is 41.6 Å². The first kappa shape index (κ1) is 16.6. The molecule has 3 rings (SSSR count). The average Bonchev–Trinajstić information content (AvgIpc) is 2.87. The Kier molecular flexibility index (Phi) is 3.90. The summed E-state index contributed by atoms with van der Waals surface area (Å²) in [5.41, 5.74) is -5.09. The number of imidazole rings is 1. The lowest BCUT2D eigenvalue weighted by molar-refractivity contribution is -0.141. The van der Waals surface area contributed by atoms with Crippen LogP contribution in [0, 0.1) is 0 Å². The van der Waals surface area contributed by atoms with Gasteiger partial charge in [0.1, 0.15) is 0 Å². The van der Waals surface area contributed by atoms with Crippen molar-refractivity contribution in [3.05, 3.63) is 42.4 Å². The van der Waals surface area contributed by atoms with E-state index in [-0.39, 0.29) is 28.1 Å². The highest BCUT2D eigenvalue weighted by molar-refractivity contribution is 8.00. The molecule has 0 N–H and O–H groups in total. The van der Waals surface area contributed by atoms with Gasteiger partial charge in [-0.1, -0.05) is 12.1 Å². The molecule has 0 aliphatic carbocycles. The summed E-state index contributed by atoms with van der Waals surface area (Å²) in [4.78, 5) is 7.03. The van der Waals surface area contributed by atoms with Gasteiger partial charge >= 0.3 is 11.7 Å². The predicted molar refractivity (Wildman–Crippen MR) is 73.1 cm³/mol. The summed E-state index contributed by atoms with van der Waals surface area (Å²) in [5.74, 6) is -0.297. The van der Waals surface area contributed by atoms with Crippen molar-refractivity contribution in [2.45, 2.75) is 16.6 Å². The molecule has 4 nitrogen and oxygen atoms in total. The van der Waals surface area contributed by atoms with Crippen molar-refractivity contribution in [1.29, 1.82) is 0 Å². The third-order valence-electron chi connectivity index (χ3n) is 2.89. The number of rotatable bonds is 2. The molecule has 0 saturated carbocycles. The van der Waals surface area contributed by atoms with Crippen LogP contribution in [0.3, 0.4) is 0 Å². The van der Waals surface area contributed by atoms with Gasteiger partial charge in [0.2, 0.25) is 0 Å². The zero-order valence-corrected chi connectivity index (χ0v) is 12.2. The number of aromatic nitrogens is 4.